The molecule has 2 N–H and O–H groups in total. The molecule has 102 valence electrons. The van der Waals surface area contributed by atoms with Gasteiger partial charge in [0, 0.05) is 5.69 Å². The normalized spacial score (nSPS) is 14.4. The molecule has 0 amide bonds. The first-order chi connectivity index (χ1) is 9.72. The molecule has 0 unspecified atom stereocenters. The Hall–Kier alpha value is -2.16. The number of nitrogens with zero attached hydrogens (tertiary/aromatic N) is 2. The van der Waals surface area contributed by atoms with Gasteiger partial charge in [0.2, 0.25) is 0 Å². The lowest BCUT2D eigenvalue weighted by atomic mass is 9.91. The van der Waals surface area contributed by atoms with Crippen molar-refractivity contribution < 1.29 is 0 Å². The summed E-state index contributed by atoms with van der Waals surface area (Å²) >= 11 is 0. The van der Waals surface area contributed by atoms with Crippen molar-refractivity contribution in [2.75, 3.05) is 5.73 Å². The fourth-order valence-electron chi connectivity index (χ4n) is 2.62. The molecule has 0 bridgehead atoms. The maximum Gasteiger partial charge on any atom is 0.0861 e. The molecule has 1 aliphatic carbocycles. The van der Waals surface area contributed by atoms with Crippen LogP contribution in [-0.4, -0.2) is 0 Å². The van der Waals surface area contributed by atoms with Crippen molar-refractivity contribution in [1.29, 1.82) is 0 Å². The molecule has 2 aromatic rings. The number of nitrogens with two attached hydrogens (primary N) is 1. The Balaban J connectivity index is 1.83. The molecule has 0 saturated carbocycles. The van der Waals surface area contributed by atoms with Crippen molar-refractivity contribution in [3.05, 3.63) is 53.1 Å². The van der Waals surface area contributed by atoms with Crippen molar-refractivity contribution in [2.24, 2.45) is 10.2 Å². The Morgan fingerprint density at radius 2 is 1.50 bits per heavy atom. The summed E-state index contributed by atoms with van der Waals surface area (Å²) in [5.74, 6) is 0. The first-order valence-corrected chi connectivity index (χ1v) is 7.12. The summed E-state index contributed by atoms with van der Waals surface area (Å²) < 4.78 is 0. The van der Waals surface area contributed by atoms with Gasteiger partial charge >= 0.3 is 0 Å². The highest BCUT2D eigenvalue weighted by molar-refractivity contribution is 5.54. The topological polar surface area (TPSA) is 50.7 Å². The first kappa shape index (κ1) is 12.9. The molecule has 2 aromatic carbocycles. The number of hydrogen-bond acceptors (Lipinski definition) is 3. The summed E-state index contributed by atoms with van der Waals surface area (Å²) in [5.41, 5.74) is 12.3. The van der Waals surface area contributed by atoms with E-state index in [0.29, 0.717) is 0 Å². The summed E-state index contributed by atoms with van der Waals surface area (Å²) in [6, 6.07) is 12.1. The Labute approximate surface area is 119 Å². The molecule has 3 nitrogen and oxygen atoms in total. The number of hydrogen-bond donors (Lipinski definition) is 1. The fraction of sp³-hybridized carbons (Fsp3) is 0.294. The standard InChI is InChI=1S/C17H19N3/c1-12-10-15(8-9-17(12)18)19-20-16-7-6-13-4-2-3-5-14(13)11-16/h6-11H,2-5,18H2,1H3. The molecule has 0 radical (unpaired) electrons. The van der Waals surface area contributed by atoms with Crippen LogP contribution in [0.3, 0.4) is 0 Å². The van der Waals surface area contributed by atoms with Gasteiger partial charge < -0.3 is 5.73 Å². The van der Waals surface area contributed by atoms with E-state index in [2.05, 4.69) is 28.4 Å². The van der Waals surface area contributed by atoms with E-state index in [-0.39, 0.29) is 0 Å². The smallest absolute Gasteiger partial charge is 0.0861 e. The molecule has 0 spiro atoms. The zero-order chi connectivity index (χ0) is 13.9. The zero-order valence-electron chi connectivity index (χ0n) is 11.8. The van der Waals surface area contributed by atoms with Gasteiger partial charge in [-0.3, -0.25) is 0 Å². The maximum atomic E-state index is 5.80. The number of anilines is 1. The van der Waals surface area contributed by atoms with E-state index in [0.717, 1.165) is 22.6 Å². The molecule has 0 atom stereocenters. The van der Waals surface area contributed by atoms with Crippen LogP contribution in [0.4, 0.5) is 17.1 Å². The molecular weight excluding hydrogens is 246 g/mol. The average molecular weight is 265 g/mol. The molecule has 0 aromatic heterocycles. The van der Waals surface area contributed by atoms with E-state index >= 15 is 0 Å². The van der Waals surface area contributed by atoms with E-state index in [1.165, 1.54) is 36.8 Å². The molecule has 0 heterocycles. The monoisotopic (exact) mass is 265 g/mol. The lowest BCUT2D eigenvalue weighted by Gasteiger charge is -2.15. The van der Waals surface area contributed by atoms with Gasteiger partial charge in [0.1, 0.15) is 0 Å². The summed E-state index contributed by atoms with van der Waals surface area (Å²) in [4.78, 5) is 0. The van der Waals surface area contributed by atoms with Crippen LogP contribution < -0.4 is 5.73 Å². The van der Waals surface area contributed by atoms with Gasteiger partial charge in [0.15, 0.2) is 0 Å². The number of fused-ring (bicyclic) bond motifs is 1. The highest BCUT2D eigenvalue weighted by atomic mass is 15.1. The largest absolute Gasteiger partial charge is 0.399 e. The lowest BCUT2D eigenvalue weighted by Crippen LogP contribution is -2.01. The van der Waals surface area contributed by atoms with Crippen LogP contribution in [0.25, 0.3) is 0 Å². The molecule has 0 fully saturated rings. The molecule has 1 aliphatic rings. The summed E-state index contributed by atoms with van der Waals surface area (Å²) in [5, 5.41) is 8.64. The number of azo groups is 1. The quantitative estimate of drug-likeness (QED) is 0.611. The third-order valence-electron chi connectivity index (χ3n) is 3.87. The van der Waals surface area contributed by atoms with Crippen LogP contribution in [0.1, 0.15) is 29.5 Å². The minimum atomic E-state index is 0.790. The van der Waals surface area contributed by atoms with E-state index in [1.54, 1.807) is 0 Å². The lowest BCUT2D eigenvalue weighted by molar-refractivity contribution is 0.685. The predicted molar refractivity (Wildman–Crippen MR) is 82.9 cm³/mol. The number of benzene rings is 2. The molecule has 3 heteroatoms. The third-order valence-corrected chi connectivity index (χ3v) is 3.87. The third kappa shape index (κ3) is 2.72. The predicted octanol–water partition coefficient (Wildman–Crippen LogP) is 4.87. The van der Waals surface area contributed by atoms with E-state index < -0.39 is 0 Å². The highest BCUT2D eigenvalue weighted by Gasteiger charge is 2.09. The molecule has 0 saturated heterocycles. The Kier molecular flexibility index (Phi) is 3.50. The van der Waals surface area contributed by atoms with Gasteiger partial charge in [-0.05, 0) is 79.6 Å². The van der Waals surface area contributed by atoms with Crippen LogP contribution >= 0.6 is 0 Å². The van der Waals surface area contributed by atoms with Crippen molar-refractivity contribution in [3.8, 4) is 0 Å². The van der Waals surface area contributed by atoms with Crippen molar-refractivity contribution in [1.82, 2.24) is 0 Å². The van der Waals surface area contributed by atoms with Crippen LogP contribution in [0, 0.1) is 6.92 Å². The molecule has 3 rings (SSSR count). The molecule has 0 aliphatic heterocycles. The van der Waals surface area contributed by atoms with Gasteiger partial charge in [0.25, 0.3) is 0 Å². The first-order valence-electron chi connectivity index (χ1n) is 7.12. The Bertz CT molecular complexity index is 659. The van der Waals surface area contributed by atoms with Gasteiger partial charge in [-0.25, -0.2) is 0 Å². The van der Waals surface area contributed by atoms with Crippen molar-refractivity contribution in [2.45, 2.75) is 32.6 Å². The van der Waals surface area contributed by atoms with Gasteiger partial charge in [-0.2, -0.15) is 10.2 Å². The highest BCUT2D eigenvalue weighted by Crippen LogP contribution is 2.27. The van der Waals surface area contributed by atoms with Crippen LogP contribution in [-0.2, 0) is 12.8 Å². The van der Waals surface area contributed by atoms with E-state index in [1.807, 2.05) is 25.1 Å². The fourth-order valence-corrected chi connectivity index (χ4v) is 2.62. The summed E-state index contributed by atoms with van der Waals surface area (Å²) in [6.45, 7) is 1.98. The Morgan fingerprint density at radius 1 is 0.850 bits per heavy atom. The number of rotatable bonds is 2. The Morgan fingerprint density at radius 3 is 2.25 bits per heavy atom. The second-order valence-corrected chi connectivity index (χ2v) is 5.40. The zero-order valence-corrected chi connectivity index (χ0v) is 11.8. The SMILES string of the molecule is Cc1cc(N=Nc2ccc3c(c2)CCCC3)ccc1N. The second kappa shape index (κ2) is 5.45. The maximum absolute atomic E-state index is 5.80. The van der Waals surface area contributed by atoms with E-state index in [9.17, 15) is 0 Å². The van der Waals surface area contributed by atoms with Crippen LogP contribution in [0.15, 0.2) is 46.6 Å². The van der Waals surface area contributed by atoms with Gasteiger partial charge in [-0.1, -0.05) is 6.07 Å². The average Bonchev–Trinajstić information content (AvgIpc) is 2.48. The van der Waals surface area contributed by atoms with Crippen molar-refractivity contribution in [3.63, 3.8) is 0 Å². The van der Waals surface area contributed by atoms with Crippen LogP contribution in [0.5, 0.6) is 0 Å². The van der Waals surface area contributed by atoms with E-state index in [4.69, 9.17) is 5.73 Å². The minimum Gasteiger partial charge on any atom is -0.399 e. The van der Waals surface area contributed by atoms with Gasteiger partial charge in [-0.15, -0.1) is 0 Å². The second-order valence-electron chi connectivity index (χ2n) is 5.40. The molecule has 20 heavy (non-hydrogen) atoms. The number of nitrogen functional groups attached to an aromatic ring is 1. The number of aryl methyl sites for hydroxylation is 3. The van der Waals surface area contributed by atoms with Crippen molar-refractivity contribution >= 4 is 17.1 Å². The van der Waals surface area contributed by atoms with Crippen LogP contribution in [0.2, 0.25) is 0 Å². The van der Waals surface area contributed by atoms with Gasteiger partial charge in [0.05, 0.1) is 11.4 Å². The minimum absolute atomic E-state index is 0.790. The summed E-state index contributed by atoms with van der Waals surface area (Å²) in [6.07, 6.45) is 4.95. The molecular formula is C17H19N3. The summed E-state index contributed by atoms with van der Waals surface area (Å²) in [7, 11) is 0.